The average Bonchev–Trinajstić information content (AvgIpc) is 2.77. The second kappa shape index (κ2) is 4.55. The van der Waals surface area contributed by atoms with Gasteiger partial charge in [-0.25, -0.2) is 0 Å². The van der Waals surface area contributed by atoms with E-state index < -0.39 is 11.9 Å². The molecule has 1 atom stereocenters. The lowest BCUT2D eigenvalue weighted by atomic mass is 10.0. The lowest BCUT2D eigenvalue weighted by Gasteiger charge is -2.30. The Morgan fingerprint density at radius 1 is 1.14 bits per heavy atom. The van der Waals surface area contributed by atoms with E-state index in [9.17, 15) is 14.4 Å². The number of halogens is 1. The van der Waals surface area contributed by atoms with Gasteiger partial charge in [-0.3, -0.25) is 24.6 Å². The number of amides is 3. The fraction of sp³-hybridized carbons (Fsp3) is 0.188. The van der Waals surface area contributed by atoms with Crippen molar-refractivity contribution in [2.45, 2.75) is 18.9 Å². The first kappa shape index (κ1) is 13.3. The zero-order chi connectivity index (χ0) is 15.4. The van der Waals surface area contributed by atoms with Gasteiger partial charge >= 0.3 is 0 Å². The molecule has 2 aromatic carbocycles. The van der Waals surface area contributed by atoms with Gasteiger partial charge in [-0.15, -0.1) is 0 Å². The maximum atomic E-state index is 12.7. The first-order valence-corrected chi connectivity index (χ1v) is 7.34. The maximum absolute atomic E-state index is 12.7. The van der Waals surface area contributed by atoms with Crippen LogP contribution in [0.5, 0.6) is 0 Å². The summed E-state index contributed by atoms with van der Waals surface area (Å²) in [6, 6.07) is 8.17. The van der Waals surface area contributed by atoms with Crippen LogP contribution in [0.25, 0.3) is 10.8 Å². The van der Waals surface area contributed by atoms with E-state index in [1.807, 2.05) is 12.1 Å². The monoisotopic (exact) mass is 314 g/mol. The summed E-state index contributed by atoms with van der Waals surface area (Å²) in [6.07, 6.45) is 0.557. The Kier molecular flexibility index (Phi) is 2.74. The number of carbonyl (C=O) groups excluding carboxylic acids is 3. The van der Waals surface area contributed by atoms with Crippen molar-refractivity contribution in [3.05, 3.63) is 40.9 Å². The second-order valence-corrected chi connectivity index (χ2v) is 5.84. The minimum Gasteiger partial charge on any atom is -0.295 e. The van der Waals surface area contributed by atoms with E-state index in [1.54, 1.807) is 18.2 Å². The molecular weight excluding hydrogens is 304 g/mol. The van der Waals surface area contributed by atoms with Crippen LogP contribution in [0.1, 0.15) is 23.2 Å². The molecule has 2 aliphatic rings. The third-order valence-electron chi connectivity index (χ3n) is 4.20. The number of nitrogens with zero attached hydrogens (tertiary/aromatic N) is 1. The topological polar surface area (TPSA) is 66.5 Å². The van der Waals surface area contributed by atoms with Crippen molar-refractivity contribution in [2.24, 2.45) is 0 Å². The minimum atomic E-state index is -0.665. The molecule has 1 fully saturated rings. The van der Waals surface area contributed by atoms with Crippen LogP contribution in [0.2, 0.25) is 5.02 Å². The first-order chi connectivity index (χ1) is 10.6. The van der Waals surface area contributed by atoms with Gasteiger partial charge in [-0.05, 0) is 24.6 Å². The molecule has 1 N–H and O–H groups in total. The number of anilines is 1. The van der Waals surface area contributed by atoms with Crippen LogP contribution in [0.3, 0.4) is 0 Å². The highest BCUT2D eigenvalue weighted by atomic mass is 35.5. The standard InChI is InChI=1S/C16H11ClN2O3/c17-10-5-4-9-14-8(10)2-1-3-11(14)19(16(9)22)12-6-7-13(20)18-15(12)21/h1-5,12H,6-7H2,(H,18,20,21). The fourth-order valence-corrected chi connectivity index (χ4v) is 3.43. The highest BCUT2D eigenvalue weighted by Crippen LogP contribution is 2.41. The molecule has 110 valence electrons. The van der Waals surface area contributed by atoms with E-state index in [1.165, 1.54) is 4.90 Å². The molecule has 0 saturated carbocycles. The zero-order valence-electron chi connectivity index (χ0n) is 11.4. The van der Waals surface area contributed by atoms with Crippen molar-refractivity contribution >= 4 is 45.8 Å². The normalized spacial score (nSPS) is 20.7. The van der Waals surface area contributed by atoms with E-state index in [4.69, 9.17) is 11.6 Å². The predicted molar refractivity (Wildman–Crippen MR) is 81.9 cm³/mol. The summed E-state index contributed by atoms with van der Waals surface area (Å²) in [6.45, 7) is 0. The maximum Gasteiger partial charge on any atom is 0.259 e. The summed E-state index contributed by atoms with van der Waals surface area (Å²) >= 11 is 6.20. The number of imide groups is 1. The Bertz CT molecular complexity index is 862. The van der Waals surface area contributed by atoms with Crippen LogP contribution < -0.4 is 10.2 Å². The van der Waals surface area contributed by atoms with Crippen LogP contribution >= 0.6 is 11.6 Å². The minimum absolute atomic E-state index is 0.225. The molecule has 2 heterocycles. The average molecular weight is 315 g/mol. The van der Waals surface area contributed by atoms with E-state index in [-0.39, 0.29) is 18.2 Å². The Balaban J connectivity index is 1.89. The number of piperidine rings is 1. The van der Waals surface area contributed by atoms with Crippen LogP contribution in [-0.2, 0) is 9.59 Å². The summed E-state index contributed by atoms with van der Waals surface area (Å²) in [5.74, 6) is -0.954. The van der Waals surface area contributed by atoms with Gasteiger partial charge in [-0.2, -0.15) is 0 Å². The van der Waals surface area contributed by atoms with E-state index in [0.29, 0.717) is 22.7 Å². The van der Waals surface area contributed by atoms with Crippen molar-refractivity contribution in [3.63, 3.8) is 0 Å². The van der Waals surface area contributed by atoms with Crippen molar-refractivity contribution in [1.29, 1.82) is 0 Å². The van der Waals surface area contributed by atoms with Gasteiger partial charge in [0, 0.05) is 27.8 Å². The third-order valence-corrected chi connectivity index (χ3v) is 4.53. The number of benzene rings is 2. The quantitative estimate of drug-likeness (QED) is 0.821. The largest absolute Gasteiger partial charge is 0.295 e. The first-order valence-electron chi connectivity index (χ1n) is 6.96. The third kappa shape index (κ3) is 1.69. The summed E-state index contributed by atoms with van der Waals surface area (Å²) in [7, 11) is 0. The molecule has 22 heavy (non-hydrogen) atoms. The molecule has 0 spiro atoms. The van der Waals surface area contributed by atoms with Crippen LogP contribution in [0.4, 0.5) is 5.69 Å². The molecule has 1 unspecified atom stereocenters. The summed E-state index contributed by atoms with van der Waals surface area (Å²) < 4.78 is 0. The molecule has 0 bridgehead atoms. The van der Waals surface area contributed by atoms with E-state index in [0.717, 1.165) is 10.8 Å². The Morgan fingerprint density at radius 3 is 2.73 bits per heavy atom. The van der Waals surface area contributed by atoms with Crippen LogP contribution in [0, 0.1) is 0 Å². The van der Waals surface area contributed by atoms with Crippen molar-refractivity contribution in [2.75, 3.05) is 4.90 Å². The molecule has 0 aromatic heterocycles. The van der Waals surface area contributed by atoms with Crippen molar-refractivity contribution in [3.8, 4) is 0 Å². The molecule has 6 heteroatoms. The van der Waals surface area contributed by atoms with Gasteiger partial charge < -0.3 is 0 Å². The highest BCUT2D eigenvalue weighted by molar-refractivity contribution is 6.38. The van der Waals surface area contributed by atoms with Gasteiger partial charge in [0.05, 0.1) is 5.69 Å². The van der Waals surface area contributed by atoms with Crippen molar-refractivity contribution < 1.29 is 14.4 Å². The molecule has 4 rings (SSSR count). The smallest absolute Gasteiger partial charge is 0.259 e. The SMILES string of the molecule is O=C1CCC(N2C(=O)c3ccc(Cl)c4cccc2c34)C(=O)N1. The Hall–Kier alpha value is -2.40. The number of rotatable bonds is 1. The van der Waals surface area contributed by atoms with E-state index >= 15 is 0 Å². The number of hydrogen-bond acceptors (Lipinski definition) is 3. The molecule has 5 nitrogen and oxygen atoms in total. The van der Waals surface area contributed by atoms with Crippen LogP contribution in [0.15, 0.2) is 30.3 Å². The number of hydrogen-bond donors (Lipinski definition) is 1. The lowest BCUT2D eigenvalue weighted by molar-refractivity contribution is -0.134. The summed E-state index contributed by atoms with van der Waals surface area (Å²) in [5.41, 5.74) is 1.22. The second-order valence-electron chi connectivity index (χ2n) is 5.44. The molecule has 2 aromatic rings. The summed E-state index contributed by atoms with van der Waals surface area (Å²) in [5, 5.41) is 4.43. The zero-order valence-corrected chi connectivity index (χ0v) is 12.2. The molecule has 2 aliphatic heterocycles. The molecule has 3 amide bonds. The van der Waals surface area contributed by atoms with Crippen molar-refractivity contribution in [1.82, 2.24) is 5.32 Å². The number of nitrogens with one attached hydrogen (secondary N) is 1. The molecule has 0 radical (unpaired) electrons. The van der Waals surface area contributed by atoms with Gasteiger partial charge in [0.2, 0.25) is 11.8 Å². The lowest BCUT2D eigenvalue weighted by Crippen LogP contribution is -2.53. The van der Waals surface area contributed by atoms with Gasteiger partial charge in [0.25, 0.3) is 5.91 Å². The van der Waals surface area contributed by atoms with Gasteiger partial charge in [-0.1, -0.05) is 23.7 Å². The predicted octanol–water partition coefficient (Wildman–Crippen LogP) is 2.26. The molecule has 0 aliphatic carbocycles. The van der Waals surface area contributed by atoms with Gasteiger partial charge in [0.15, 0.2) is 0 Å². The Morgan fingerprint density at radius 2 is 1.95 bits per heavy atom. The van der Waals surface area contributed by atoms with Crippen LogP contribution in [-0.4, -0.2) is 23.8 Å². The fourth-order valence-electron chi connectivity index (χ4n) is 3.21. The number of carbonyl (C=O) groups is 3. The summed E-state index contributed by atoms with van der Waals surface area (Å²) in [4.78, 5) is 37.7. The van der Waals surface area contributed by atoms with Gasteiger partial charge in [0.1, 0.15) is 6.04 Å². The molecular formula is C16H11ClN2O3. The molecule has 1 saturated heterocycles. The Labute approximate surface area is 130 Å². The van der Waals surface area contributed by atoms with E-state index in [2.05, 4.69) is 5.32 Å². The highest BCUT2D eigenvalue weighted by Gasteiger charge is 2.40.